The predicted octanol–water partition coefficient (Wildman–Crippen LogP) is 3.42. The van der Waals surface area contributed by atoms with Gasteiger partial charge >= 0.3 is 0 Å². The maximum Gasteiger partial charge on any atom is 0.243 e. The number of hydrogen-bond acceptors (Lipinski definition) is 3. The van der Waals surface area contributed by atoms with E-state index in [1.165, 1.54) is 28.6 Å². The molecule has 1 atom stereocenters. The normalized spacial score (nSPS) is 13.5. The third-order valence-corrected chi connectivity index (χ3v) is 5.44. The predicted molar refractivity (Wildman–Crippen MR) is 97.4 cm³/mol. The Kier molecular flexibility index (Phi) is 6.57. The maximum absolute atomic E-state index is 12.8. The lowest BCUT2D eigenvalue weighted by atomic mass is 10.2. The Hall–Kier alpha value is -1.66. The highest BCUT2D eigenvalue weighted by atomic mass is 35.5. The van der Waals surface area contributed by atoms with Gasteiger partial charge in [0.05, 0.1) is 11.0 Å². The fraction of sp³-hybridized carbons (Fsp3) is 0.222. The molecule has 128 valence electrons. The highest BCUT2D eigenvalue weighted by Gasteiger charge is 2.24. The molecule has 0 spiro atoms. The van der Waals surface area contributed by atoms with Crippen LogP contribution in [-0.4, -0.2) is 37.0 Å². The lowest BCUT2D eigenvalue weighted by molar-refractivity contribution is 0.167. The van der Waals surface area contributed by atoms with Crippen LogP contribution < -0.4 is 0 Å². The number of sulfonamides is 1. The van der Waals surface area contributed by atoms with Crippen molar-refractivity contribution in [2.75, 3.05) is 13.1 Å². The Labute approximate surface area is 148 Å². The molecule has 0 fully saturated rings. The van der Waals surface area contributed by atoms with Crippen molar-refractivity contribution >= 4 is 27.7 Å². The molecular weight excluding hydrogens is 346 g/mol. The van der Waals surface area contributed by atoms with E-state index in [9.17, 15) is 13.5 Å². The van der Waals surface area contributed by atoms with Crippen LogP contribution in [0.2, 0.25) is 5.02 Å². The molecule has 4 nitrogen and oxygen atoms in total. The van der Waals surface area contributed by atoms with E-state index in [1.54, 1.807) is 13.0 Å². The number of hydrogen-bond donors (Lipinski definition) is 1. The fourth-order valence-electron chi connectivity index (χ4n) is 2.19. The third kappa shape index (κ3) is 5.18. The highest BCUT2D eigenvalue weighted by molar-refractivity contribution is 7.89. The summed E-state index contributed by atoms with van der Waals surface area (Å²) in [5.41, 5.74) is 0.985. The second-order valence-electron chi connectivity index (χ2n) is 5.44. The summed E-state index contributed by atoms with van der Waals surface area (Å²) in [6.07, 6.45) is 2.86. The number of benzene rings is 2. The van der Waals surface area contributed by atoms with Crippen molar-refractivity contribution in [3.63, 3.8) is 0 Å². The lowest BCUT2D eigenvalue weighted by Gasteiger charge is -2.22. The second kappa shape index (κ2) is 8.44. The number of aliphatic hydroxyl groups excluding tert-OH is 1. The van der Waals surface area contributed by atoms with Gasteiger partial charge in [-0.3, -0.25) is 0 Å². The van der Waals surface area contributed by atoms with E-state index in [2.05, 4.69) is 0 Å². The molecule has 0 heterocycles. The van der Waals surface area contributed by atoms with E-state index in [1.807, 2.05) is 36.4 Å². The Bertz CT molecular complexity index is 772. The number of halogens is 1. The molecule has 6 heteroatoms. The molecule has 24 heavy (non-hydrogen) atoms. The standard InChI is InChI=1S/C18H20ClNO3S/c1-15(21)14-20(13-5-8-16-6-3-2-4-7-16)24(22,23)18-11-9-17(19)10-12-18/h2-12,15,21H,13-14H2,1H3/b8-5+. The topological polar surface area (TPSA) is 57.6 Å². The minimum absolute atomic E-state index is 0.0179. The van der Waals surface area contributed by atoms with Crippen LogP contribution in [0.25, 0.3) is 6.08 Å². The molecule has 1 N–H and O–H groups in total. The first kappa shape index (κ1) is 18.7. The first-order chi connectivity index (χ1) is 11.4. The first-order valence-corrected chi connectivity index (χ1v) is 9.37. The molecule has 2 aromatic carbocycles. The van der Waals surface area contributed by atoms with Crippen LogP contribution in [-0.2, 0) is 10.0 Å². The molecule has 2 aromatic rings. The summed E-state index contributed by atoms with van der Waals surface area (Å²) in [7, 11) is -3.70. The van der Waals surface area contributed by atoms with Crippen molar-refractivity contribution in [3.8, 4) is 0 Å². The molecule has 2 rings (SSSR count). The van der Waals surface area contributed by atoms with E-state index in [-0.39, 0.29) is 18.0 Å². The zero-order chi connectivity index (χ0) is 17.6. The number of aliphatic hydroxyl groups is 1. The largest absolute Gasteiger partial charge is 0.392 e. The van der Waals surface area contributed by atoms with Crippen molar-refractivity contribution in [3.05, 3.63) is 71.3 Å². The van der Waals surface area contributed by atoms with Gasteiger partial charge in [0, 0.05) is 18.1 Å². The smallest absolute Gasteiger partial charge is 0.243 e. The molecule has 0 aliphatic rings. The Morgan fingerprint density at radius 2 is 1.75 bits per heavy atom. The van der Waals surface area contributed by atoms with E-state index >= 15 is 0 Å². The first-order valence-electron chi connectivity index (χ1n) is 7.55. The van der Waals surface area contributed by atoms with Crippen molar-refractivity contribution in [2.45, 2.75) is 17.9 Å². The molecule has 0 bridgehead atoms. The summed E-state index contributed by atoms with van der Waals surface area (Å²) in [4.78, 5) is 0.153. The zero-order valence-corrected chi connectivity index (χ0v) is 14.9. The summed E-state index contributed by atoms with van der Waals surface area (Å²) < 4.78 is 26.8. The molecular formula is C18H20ClNO3S. The van der Waals surface area contributed by atoms with Crippen LogP contribution in [0, 0.1) is 0 Å². The van der Waals surface area contributed by atoms with E-state index < -0.39 is 16.1 Å². The minimum atomic E-state index is -3.70. The molecule has 0 aliphatic carbocycles. The Morgan fingerprint density at radius 3 is 2.33 bits per heavy atom. The van der Waals surface area contributed by atoms with Crippen LogP contribution in [0.3, 0.4) is 0 Å². The van der Waals surface area contributed by atoms with Gasteiger partial charge in [-0.05, 0) is 36.8 Å². The number of rotatable bonds is 7. The number of nitrogens with zero attached hydrogens (tertiary/aromatic N) is 1. The summed E-state index contributed by atoms with van der Waals surface area (Å²) in [6.45, 7) is 1.75. The highest BCUT2D eigenvalue weighted by Crippen LogP contribution is 2.19. The molecule has 0 radical (unpaired) electrons. The molecule has 0 saturated carbocycles. The average molecular weight is 366 g/mol. The van der Waals surface area contributed by atoms with Crippen molar-refractivity contribution < 1.29 is 13.5 Å². The zero-order valence-electron chi connectivity index (χ0n) is 13.3. The van der Waals surface area contributed by atoms with Gasteiger partial charge in [0.2, 0.25) is 10.0 Å². The van der Waals surface area contributed by atoms with Crippen LogP contribution in [0.5, 0.6) is 0 Å². The second-order valence-corrected chi connectivity index (χ2v) is 7.81. The fourth-order valence-corrected chi connectivity index (χ4v) is 3.79. The minimum Gasteiger partial charge on any atom is -0.392 e. The van der Waals surface area contributed by atoms with Crippen LogP contribution in [0.15, 0.2) is 65.6 Å². The average Bonchev–Trinajstić information content (AvgIpc) is 2.55. The summed E-state index contributed by atoms with van der Waals surface area (Å²) in [6, 6.07) is 15.6. The van der Waals surface area contributed by atoms with Gasteiger partial charge in [0.1, 0.15) is 0 Å². The van der Waals surface area contributed by atoms with Crippen LogP contribution in [0.1, 0.15) is 12.5 Å². The quantitative estimate of drug-likeness (QED) is 0.817. The monoisotopic (exact) mass is 365 g/mol. The molecule has 0 amide bonds. The van der Waals surface area contributed by atoms with Crippen molar-refractivity contribution in [2.24, 2.45) is 0 Å². The van der Waals surface area contributed by atoms with Crippen molar-refractivity contribution in [1.82, 2.24) is 4.31 Å². The van der Waals surface area contributed by atoms with E-state index in [4.69, 9.17) is 11.6 Å². The van der Waals surface area contributed by atoms with Gasteiger partial charge in [0.15, 0.2) is 0 Å². The summed E-state index contributed by atoms with van der Waals surface area (Å²) in [5.74, 6) is 0. The SMILES string of the molecule is CC(O)CN(C/C=C/c1ccccc1)S(=O)(=O)c1ccc(Cl)cc1. The lowest BCUT2D eigenvalue weighted by Crippen LogP contribution is -2.36. The van der Waals surface area contributed by atoms with Gasteiger partial charge in [-0.2, -0.15) is 4.31 Å². The van der Waals surface area contributed by atoms with Crippen LogP contribution in [0.4, 0.5) is 0 Å². The molecule has 0 saturated heterocycles. The van der Waals surface area contributed by atoms with Gasteiger partial charge in [0.25, 0.3) is 0 Å². The molecule has 1 unspecified atom stereocenters. The molecule has 0 aromatic heterocycles. The van der Waals surface area contributed by atoms with Gasteiger partial charge in [-0.15, -0.1) is 0 Å². The third-order valence-electron chi connectivity index (χ3n) is 3.34. The van der Waals surface area contributed by atoms with Gasteiger partial charge in [-0.25, -0.2) is 8.42 Å². The summed E-state index contributed by atoms with van der Waals surface area (Å²) in [5, 5.41) is 10.1. The summed E-state index contributed by atoms with van der Waals surface area (Å²) >= 11 is 5.82. The van der Waals surface area contributed by atoms with E-state index in [0.717, 1.165) is 5.56 Å². The van der Waals surface area contributed by atoms with E-state index in [0.29, 0.717) is 5.02 Å². The van der Waals surface area contributed by atoms with Crippen molar-refractivity contribution in [1.29, 1.82) is 0 Å². The van der Waals surface area contributed by atoms with Crippen LogP contribution >= 0.6 is 11.6 Å². The molecule has 0 aliphatic heterocycles. The van der Waals surface area contributed by atoms with Gasteiger partial charge < -0.3 is 5.11 Å². The Morgan fingerprint density at radius 1 is 1.12 bits per heavy atom. The van der Waals surface area contributed by atoms with Gasteiger partial charge in [-0.1, -0.05) is 54.1 Å². The maximum atomic E-state index is 12.8. The Balaban J connectivity index is 2.21.